The highest BCUT2D eigenvalue weighted by Crippen LogP contribution is 2.36. The van der Waals surface area contributed by atoms with E-state index in [4.69, 9.17) is 4.74 Å². The Morgan fingerprint density at radius 1 is 1.23 bits per heavy atom. The number of thiazole rings is 1. The first-order valence-electron chi connectivity index (χ1n) is 9.04. The van der Waals surface area contributed by atoms with Gasteiger partial charge in [0, 0.05) is 5.56 Å². The van der Waals surface area contributed by atoms with Crippen LogP contribution in [0.3, 0.4) is 0 Å². The predicted octanol–water partition coefficient (Wildman–Crippen LogP) is 1.89. The molecule has 1 aliphatic heterocycles. The van der Waals surface area contributed by atoms with Gasteiger partial charge in [0.1, 0.15) is 36.0 Å². The van der Waals surface area contributed by atoms with Gasteiger partial charge in [0.25, 0.3) is 0 Å². The average molecular weight is 374 g/mol. The molecule has 0 spiro atoms. The Hall–Kier alpha value is -1.96. The number of quaternary nitrogens is 1. The molecule has 0 saturated carbocycles. The average Bonchev–Trinajstić information content (AvgIpc) is 3.07. The Kier molecular flexibility index (Phi) is 4.46. The van der Waals surface area contributed by atoms with Crippen LogP contribution in [0.5, 0.6) is 5.88 Å². The number of fused-ring (bicyclic) bond motifs is 1. The highest BCUT2D eigenvalue weighted by Gasteiger charge is 2.38. The Balaban J connectivity index is 1.85. The summed E-state index contributed by atoms with van der Waals surface area (Å²) in [4.78, 5) is 7.51. The van der Waals surface area contributed by atoms with Gasteiger partial charge in [-0.2, -0.15) is 4.52 Å². The zero-order valence-electron chi connectivity index (χ0n) is 15.6. The smallest absolute Gasteiger partial charge is 0.235 e. The van der Waals surface area contributed by atoms with Crippen LogP contribution in [0, 0.1) is 13.8 Å². The van der Waals surface area contributed by atoms with Crippen molar-refractivity contribution in [2.75, 3.05) is 13.1 Å². The van der Waals surface area contributed by atoms with Gasteiger partial charge in [-0.1, -0.05) is 35.6 Å². The molecule has 7 heteroatoms. The van der Waals surface area contributed by atoms with E-state index < -0.39 is 0 Å². The molecular formula is C19H25N4O2S+. The summed E-state index contributed by atoms with van der Waals surface area (Å²) >= 11 is 1.53. The number of rotatable bonds is 3. The van der Waals surface area contributed by atoms with Gasteiger partial charge in [-0.15, -0.1) is 5.10 Å². The minimum atomic E-state index is 0.0406. The minimum Gasteiger partial charge on any atom is -0.492 e. The van der Waals surface area contributed by atoms with Gasteiger partial charge in [0.05, 0.1) is 0 Å². The second-order valence-corrected chi connectivity index (χ2v) is 8.27. The summed E-state index contributed by atoms with van der Waals surface area (Å²) in [5.74, 6) is 0.879. The maximum atomic E-state index is 10.9. The molecule has 26 heavy (non-hydrogen) atoms. The Morgan fingerprint density at radius 3 is 2.58 bits per heavy atom. The van der Waals surface area contributed by atoms with Crippen LogP contribution in [0.2, 0.25) is 0 Å². The molecule has 0 amide bonds. The summed E-state index contributed by atoms with van der Waals surface area (Å²) in [6, 6.07) is 8.46. The second-order valence-electron chi connectivity index (χ2n) is 7.26. The molecule has 6 nitrogen and oxygen atoms in total. The Bertz CT molecular complexity index is 925. The zero-order chi connectivity index (χ0) is 18.4. The van der Waals surface area contributed by atoms with E-state index in [1.807, 2.05) is 6.92 Å². The lowest BCUT2D eigenvalue weighted by molar-refractivity contribution is -0.939. The number of aromatic hydroxyl groups is 1. The number of aromatic nitrogens is 3. The highest BCUT2D eigenvalue weighted by molar-refractivity contribution is 7.17. The summed E-state index contributed by atoms with van der Waals surface area (Å²) in [5, 5.41) is 15.3. The van der Waals surface area contributed by atoms with Crippen molar-refractivity contribution < 1.29 is 14.7 Å². The third-order valence-corrected chi connectivity index (χ3v) is 6.12. The van der Waals surface area contributed by atoms with Gasteiger partial charge >= 0.3 is 0 Å². The molecule has 3 heterocycles. The van der Waals surface area contributed by atoms with E-state index in [0.29, 0.717) is 5.82 Å². The first-order chi connectivity index (χ1) is 12.4. The van der Waals surface area contributed by atoms with Crippen molar-refractivity contribution in [1.82, 2.24) is 14.6 Å². The number of benzene rings is 1. The van der Waals surface area contributed by atoms with Gasteiger partial charge in [-0.05, 0) is 33.3 Å². The summed E-state index contributed by atoms with van der Waals surface area (Å²) in [6.45, 7) is 10.0. The van der Waals surface area contributed by atoms with Gasteiger partial charge in [-0.25, -0.2) is 4.98 Å². The lowest BCUT2D eigenvalue weighted by Gasteiger charge is -2.37. The standard InChI is InChI=1S/C19H24N4O2S/c1-11-7-5-6-8-15(11)16(22-9-12(2)25-13(3)10-22)17-18(24)23-19(26-17)20-14(4)21-23/h5-8,12-13,16,24H,9-10H2,1-4H3/p+1/t12-,13+,16-/m0/s1. The lowest BCUT2D eigenvalue weighted by Crippen LogP contribution is -3.15. The fraction of sp³-hybridized carbons (Fsp3) is 0.474. The zero-order valence-corrected chi connectivity index (χ0v) is 16.4. The van der Waals surface area contributed by atoms with Crippen LogP contribution >= 0.6 is 11.3 Å². The van der Waals surface area contributed by atoms with Gasteiger partial charge in [0.15, 0.2) is 6.04 Å². The van der Waals surface area contributed by atoms with Crippen LogP contribution in [0.4, 0.5) is 0 Å². The van der Waals surface area contributed by atoms with E-state index >= 15 is 0 Å². The number of morpholine rings is 1. The predicted molar refractivity (Wildman–Crippen MR) is 101 cm³/mol. The Morgan fingerprint density at radius 2 is 1.92 bits per heavy atom. The van der Waals surface area contributed by atoms with Crippen LogP contribution < -0.4 is 4.90 Å². The van der Waals surface area contributed by atoms with E-state index in [1.54, 1.807) is 4.52 Å². The molecule has 0 radical (unpaired) electrons. The SMILES string of the molecule is Cc1nc2sc([C@H](c3ccccc3C)[NH+]3C[C@@H](C)O[C@@H](C)C3)c(O)n2n1. The van der Waals surface area contributed by atoms with Crippen LogP contribution in [0.25, 0.3) is 4.96 Å². The molecule has 4 atom stereocenters. The molecule has 0 bridgehead atoms. The maximum Gasteiger partial charge on any atom is 0.235 e. The lowest BCUT2D eigenvalue weighted by atomic mass is 9.97. The van der Waals surface area contributed by atoms with Crippen LogP contribution in [-0.2, 0) is 4.74 Å². The molecule has 1 aliphatic rings. The van der Waals surface area contributed by atoms with E-state index in [9.17, 15) is 5.11 Å². The fourth-order valence-corrected chi connectivity index (χ4v) is 5.22. The minimum absolute atomic E-state index is 0.0406. The highest BCUT2D eigenvalue weighted by atomic mass is 32.1. The van der Waals surface area contributed by atoms with Crippen molar-refractivity contribution in [2.45, 2.75) is 45.9 Å². The van der Waals surface area contributed by atoms with E-state index in [0.717, 1.165) is 22.9 Å². The third kappa shape index (κ3) is 3.00. The number of hydrogen-bond acceptors (Lipinski definition) is 5. The molecule has 0 aliphatic carbocycles. The molecule has 1 unspecified atom stereocenters. The van der Waals surface area contributed by atoms with Crippen molar-refractivity contribution in [3.05, 3.63) is 46.1 Å². The van der Waals surface area contributed by atoms with E-state index in [1.165, 1.54) is 27.4 Å². The monoisotopic (exact) mass is 373 g/mol. The largest absolute Gasteiger partial charge is 0.492 e. The molecule has 2 aromatic heterocycles. The second kappa shape index (κ2) is 6.64. The first kappa shape index (κ1) is 17.5. The van der Waals surface area contributed by atoms with Crippen LogP contribution in [0.15, 0.2) is 24.3 Å². The van der Waals surface area contributed by atoms with Gasteiger partial charge < -0.3 is 14.7 Å². The third-order valence-electron chi connectivity index (χ3n) is 5.04. The van der Waals surface area contributed by atoms with Gasteiger partial charge in [-0.3, -0.25) is 0 Å². The molecule has 4 rings (SSSR count). The molecule has 2 N–H and O–H groups in total. The number of nitrogens with one attached hydrogen (secondary N) is 1. The van der Waals surface area contributed by atoms with Crippen molar-refractivity contribution in [1.29, 1.82) is 0 Å². The fourth-order valence-electron chi connectivity index (χ4n) is 4.04. The van der Waals surface area contributed by atoms with Crippen molar-refractivity contribution in [2.24, 2.45) is 0 Å². The number of aryl methyl sites for hydroxylation is 2. The number of hydrogen-bond donors (Lipinski definition) is 2. The van der Waals surface area contributed by atoms with Crippen molar-refractivity contribution >= 4 is 16.3 Å². The maximum absolute atomic E-state index is 10.9. The van der Waals surface area contributed by atoms with Crippen molar-refractivity contribution in [3.8, 4) is 5.88 Å². The summed E-state index contributed by atoms with van der Waals surface area (Å²) in [5.41, 5.74) is 2.46. The molecule has 1 saturated heterocycles. The quantitative estimate of drug-likeness (QED) is 0.736. The summed E-state index contributed by atoms with van der Waals surface area (Å²) in [6.07, 6.45) is 0.374. The molecule has 1 aromatic carbocycles. The van der Waals surface area contributed by atoms with E-state index in [2.05, 4.69) is 55.1 Å². The summed E-state index contributed by atoms with van der Waals surface area (Å²) < 4.78 is 7.51. The molecule has 1 fully saturated rings. The number of ether oxygens (including phenoxy) is 1. The summed E-state index contributed by atoms with van der Waals surface area (Å²) in [7, 11) is 0. The molecule has 138 valence electrons. The van der Waals surface area contributed by atoms with Gasteiger partial charge in [0.2, 0.25) is 10.8 Å². The molecular weight excluding hydrogens is 348 g/mol. The Labute approximate surface area is 157 Å². The molecule has 3 aromatic rings. The van der Waals surface area contributed by atoms with Crippen molar-refractivity contribution in [3.63, 3.8) is 0 Å². The normalized spacial score (nSPS) is 24.8. The van der Waals surface area contributed by atoms with E-state index in [-0.39, 0.29) is 24.1 Å². The first-order valence-corrected chi connectivity index (χ1v) is 9.86. The number of nitrogens with zero attached hydrogens (tertiary/aromatic N) is 3. The van der Waals surface area contributed by atoms with Crippen LogP contribution in [-0.4, -0.2) is 45.0 Å². The topological polar surface area (TPSA) is 64.1 Å². The van der Waals surface area contributed by atoms with Crippen LogP contribution in [0.1, 0.15) is 41.7 Å².